The van der Waals surface area contributed by atoms with E-state index >= 15 is 0 Å². The minimum absolute atomic E-state index is 0.303. The number of nitrogens with zero attached hydrogens (tertiary/aromatic N) is 2. The van der Waals surface area contributed by atoms with E-state index in [9.17, 15) is 4.79 Å². The molecule has 0 unspecified atom stereocenters. The molecule has 3 rings (SSSR count). The first-order valence-corrected chi connectivity index (χ1v) is 9.00. The molecule has 2 aromatic carbocycles. The van der Waals surface area contributed by atoms with Crippen LogP contribution in [0.2, 0.25) is 0 Å². The van der Waals surface area contributed by atoms with Gasteiger partial charge >= 0.3 is 0 Å². The summed E-state index contributed by atoms with van der Waals surface area (Å²) in [5.41, 5.74) is 0.899. The van der Waals surface area contributed by atoms with Gasteiger partial charge in [0.15, 0.2) is 6.10 Å². The SMILES string of the molecule is COc1ccc(O[C@@H](C)C(=O)Nc2nnc(-c3ccc(OC)cc3)s2)cc1. The third-order valence-corrected chi connectivity index (χ3v) is 4.62. The van der Waals surface area contributed by atoms with Crippen molar-refractivity contribution in [3.63, 3.8) is 0 Å². The highest BCUT2D eigenvalue weighted by Crippen LogP contribution is 2.28. The van der Waals surface area contributed by atoms with Gasteiger partial charge in [0.05, 0.1) is 14.2 Å². The normalized spacial score (nSPS) is 11.5. The van der Waals surface area contributed by atoms with Crippen molar-refractivity contribution in [1.29, 1.82) is 0 Å². The van der Waals surface area contributed by atoms with Crippen molar-refractivity contribution in [2.45, 2.75) is 13.0 Å². The second kappa shape index (κ2) is 8.50. The van der Waals surface area contributed by atoms with Crippen LogP contribution in [0, 0.1) is 0 Å². The molecule has 0 aliphatic heterocycles. The van der Waals surface area contributed by atoms with Gasteiger partial charge in [-0.15, -0.1) is 10.2 Å². The summed E-state index contributed by atoms with van der Waals surface area (Å²) in [7, 11) is 3.21. The Morgan fingerprint density at radius 1 is 0.926 bits per heavy atom. The molecule has 1 N–H and O–H groups in total. The molecule has 1 heterocycles. The van der Waals surface area contributed by atoms with Gasteiger partial charge in [-0.2, -0.15) is 0 Å². The molecule has 7 nitrogen and oxygen atoms in total. The number of aromatic nitrogens is 2. The largest absolute Gasteiger partial charge is 0.497 e. The number of rotatable bonds is 7. The highest BCUT2D eigenvalue weighted by atomic mass is 32.1. The average molecular weight is 385 g/mol. The van der Waals surface area contributed by atoms with Gasteiger partial charge in [-0.05, 0) is 55.5 Å². The quantitative estimate of drug-likeness (QED) is 0.669. The monoisotopic (exact) mass is 385 g/mol. The predicted octanol–water partition coefficient (Wildman–Crippen LogP) is 3.63. The summed E-state index contributed by atoms with van der Waals surface area (Å²) in [5, 5.41) is 12.0. The number of ether oxygens (including phenoxy) is 3. The molecule has 0 aliphatic carbocycles. The average Bonchev–Trinajstić information content (AvgIpc) is 3.17. The van der Waals surface area contributed by atoms with Gasteiger partial charge in [0.25, 0.3) is 5.91 Å². The Hall–Kier alpha value is -3.13. The maximum atomic E-state index is 12.3. The Kier molecular flexibility index (Phi) is 5.87. The van der Waals surface area contributed by atoms with Crippen molar-refractivity contribution in [2.24, 2.45) is 0 Å². The van der Waals surface area contributed by atoms with E-state index in [1.165, 1.54) is 11.3 Å². The molecule has 3 aromatic rings. The second-order valence-electron chi connectivity index (χ2n) is 5.57. The fourth-order valence-electron chi connectivity index (χ4n) is 2.24. The number of hydrogen-bond acceptors (Lipinski definition) is 7. The van der Waals surface area contributed by atoms with Crippen molar-refractivity contribution in [3.8, 4) is 27.8 Å². The Balaban J connectivity index is 1.60. The van der Waals surface area contributed by atoms with E-state index in [0.29, 0.717) is 15.9 Å². The first-order chi connectivity index (χ1) is 13.1. The number of carbonyl (C=O) groups is 1. The van der Waals surface area contributed by atoms with E-state index in [-0.39, 0.29) is 5.91 Å². The van der Waals surface area contributed by atoms with Crippen molar-refractivity contribution in [1.82, 2.24) is 10.2 Å². The van der Waals surface area contributed by atoms with Crippen LogP contribution in [0.4, 0.5) is 5.13 Å². The lowest BCUT2D eigenvalue weighted by Crippen LogP contribution is -2.30. The molecular weight excluding hydrogens is 366 g/mol. The first-order valence-electron chi connectivity index (χ1n) is 8.18. The summed E-state index contributed by atoms with van der Waals surface area (Å²) in [6, 6.07) is 14.5. The van der Waals surface area contributed by atoms with Gasteiger partial charge in [0.2, 0.25) is 5.13 Å². The number of hydrogen-bond donors (Lipinski definition) is 1. The second-order valence-corrected chi connectivity index (χ2v) is 6.54. The van der Waals surface area contributed by atoms with Crippen LogP contribution >= 0.6 is 11.3 Å². The summed E-state index contributed by atoms with van der Waals surface area (Å²) in [6.45, 7) is 1.67. The maximum Gasteiger partial charge on any atom is 0.266 e. The van der Waals surface area contributed by atoms with Gasteiger partial charge in [-0.25, -0.2) is 0 Å². The Bertz CT molecular complexity index is 894. The number of nitrogens with one attached hydrogen (secondary N) is 1. The van der Waals surface area contributed by atoms with Crippen LogP contribution in [0.15, 0.2) is 48.5 Å². The van der Waals surface area contributed by atoms with Gasteiger partial charge in [0.1, 0.15) is 22.3 Å². The van der Waals surface area contributed by atoms with E-state index in [1.807, 2.05) is 24.3 Å². The zero-order valence-corrected chi connectivity index (χ0v) is 15.9. The maximum absolute atomic E-state index is 12.3. The van der Waals surface area contributed by atoms with Crippen LogP contribution in [0.25, 0.3) is 10.6 Å². The number of anilines is 1. The fraction of sp³-hybridized carbons (Fsp3) is 0.211. The van der Waals surface area contributed by atoms with E-state index < -0.39 is 6.10 Å². The lowest BCUT2D eigenvalue weighted by Gasteiger charge is -2.13. The van der Waals surface area contributed by atoms with Crippen LogP contribution in [-0.4, -0.2) is 36.4 Å². The number of methoxy groups -OCH3 is 2. The van der Waals surface area contributed by atoms with Gasteiger partial charge in [-0.1, -0.05) is 11.3 Å². The third-order valence-electron chi connectivity index (χ3n) is 3.73. The van der Waals surface area contributed by atoms with E-state index in [2.05, 4.69) is 15.5 Å². The van der Waals surface area contributed by atoms with Crippen molar-refractivity contribution >= 4 is 22.4 Å². The zero-order valence-electron chi connectivity index (χ0n) is 15.1. The molecular formula is C19H19N3O4S. The fourth-order valence-corrected chi connectivity index (χ4v) is 2.99. The van der Waals surface area contributed by atoms with Gasteiger partial charge in [0, 0.05) is 5.56 Å². The minimum Gasteiger partial charge on any atom is -0.497 e. The lowest BCUT2D eigenvalue weighted by atomic mass is 10.2. The number of amides is 1. The Labute approximate surface area is 160 Å². The van der Waals surface area contributed by atoms with Crippen LogP contribution in [0.3, 0.4) is 0 Å². The predicted molar refractivity (Wildman–Crippen MR) is 104 cm³/mol. The van der Waals surface area contributed by atoms with Crippen molar-refractivity contribution in [2.75, 3.05) is 19.5 Å². The molecule has 0 saturated heterocycles. The first kappa shape index (κ1) is 18.7. The summed E-state index contributed by atoms with van der Waals surface area (Å²) in [4.78, 5) is 12.3. The molecule has 1 amide bonds. The zero-order chi connectivity index (χ0) is 19.2. The van der Waals surface area contributed by atoms with E-state index in [1.54, 1.807) is 45.4 Å². The molecule has 27 heavy (non-hydrogen) atoms. The standard InChI is InChI=1S/C19H19N3O4S/c1-12(26-16-10-8-15(25-3)9-11-16)17(23)20-19-22-21-18(27-19)13-4-6-14(24-2)7-5-13/h4-12H,1-3H3,(H,20,22,23)/t12-/m0/s1. The van der Waals surface area contributed by atoms with E-state index in [4.69, 9.17) is 14.2 Å². The topological polar surface area (TPSA) is 82.6 Å². The molecule has 0 fully saturated rings. The summed E-state index contributed by atoms with van der Waals surface area (Å²) < 4.78 is 15.9. The third kappa shape index (κ3) is 4.73. The lowest BCUT2D eigenvalue weighted by molar-refractivity contribution is -0.122. The highest BCUT2D eigenvalue weighted by Gasteiger charge is 2.17. The summed E-state index contributed by atoms with van der Waals surface area (Å²) in [6.07, 6.45) is -0.688. The summed E-state index contributed by atoms with van der Waals surface area (Å²) >= 11 is 1.29. The molecule has 140 valence electrons. The molecule has 0 bridgehead atoms. The number of carbonyl (C=O) groups excluding carboxylic acids is 1. The van der Waals surface area contributed by atoms with Gasteiger partial charge in [-0.3, -0.25) is 10.1 Å². The van der Waals surface area contributed by atoms with Crippen LogP contribution in [0.1, 0.15) is 6.92 Å². The Morgan fingerprint density at radius 2 is 1.48 bits per heavy atom. The molecule has 1 aromatic heterocycles. The smallest absolute Gasteiger partial charge is 0.266 e. The summed E-state index contributed by atoms with van der Waals surface area (Å²) in [5.74, 6) is 1.76. The Morgan fingerprint density at radius 3 is 2.07 bits per heavy atom. The van der Waals surface area contributed by atoms with Crippen LogP contribution in [-0.2, 0) is 4.79 Å². The molecule has 0 aliphatic rings. The van der Waals surface area contributed by atoms with Crippen molar-refractivity contribution in [3.05, 3.63) is 48.5 Å². The van der Waals surface area contributed by atoms with Crippen LogP contribution in [0.5, 0.6) is 17.2 Å². The number of benzene rings is 2. The van der Waals surface area contributed by atoms with Gasteiger partial charge < -0.3 is 14.2 Å². The van der Waals surface area contributed by atoms with E-state index in [0.717, 1.165) is 17.1 Å². The highest BCUT2D eigenvalue weighted by molar-refractivity contribution is 7.18. The minimum atomic E-state index is -0.688. The molecule has 0 saturated carbocycles. The van der Waals surface area contributed by atoms with Crippen molar-refractivity contribution < 1.29 is 19.0 Å². The van der Waals surface area contributed by atoms with Crippen LogP contribution < -0.4 is 19.5 Å². The molecule has 8 heteroatoms. The molecule has 1 atom stereocenters. The molecule has 0 spiro atoms. The molecule has 0 radical (unpaired) electrons.